The molecule has 1 fully saturated rings. The van der Waals surface area contributed by atoms with Crippen LogP contribution in [0.15, 0.2) is 42.9 Å². The van der Waals surface area contributed by atoms with Crippen LogP contribution in [0.4, 0.5) is 5.69 Å². The number of carbonyl (C=O) groups excluding carboxylic acids is 1. The number of anilines is 1. The molecular formula is C15H16N4O. The summed E-state index contributed by atoms with van der Waals surface area (Å²) in [6.45, 7) is 0.584. The summed E-state index contributed by atoms with van der Waals surface area (Å²) in [5, 5.41) is 0. The van der Waals surface area contributed by atoms with E-state index in [2.05, 4.69) is 9.97 Å². The van der Waals surface area contributed by atoms with Crippen LogP contribution in [-0.2, 0) is 6.54 Å². The predicted molar refractivity (Wildman–Crippen MR) is 75.8 cm³/mol. The van der Waals surface area contributed by atoms with Gasteiger partial charge < -0.3 is 10.6 Å². The van der Waals surface area contributed by atoms with Gasteiger partial charge in [0.15, 0.2) is 0 Å². The van der Waals surface area contributed by atoms with Crippen molar-refractivity contribution in [1.82, 2.24) is 14.9 Å². The molecule has 1 aliphatic rings. The molecule has 0 unspecified atom stereocenters. The monoisotopic (exact) mass is 268 g/mol. The van der Waals surface area contributed by atoms with Gasteiger partial charge in [-0.2, -0.15) is 0 Å². The van der Waals surface area contributed by atoms with Crippen LogP contribution >= 0.6 is 0 Å². The lowest BCUT2D eigenvalue weighted by Crippen LogP contribution is -2.33. The Morgan fingerprint density at radius 2 is 2.00 bits per heavy atom. The third-order valence-corrected chi connectivity index (χ3v) is 3.36. The maximum atomic E-state index is 12.5. The lowest BCUT2D eigenvalue weighted by atomic mass is 10.2. The molecule has 0 atom stereocenters. The molecule has 1 saturated carbocycles. The molecule has 2 N–H and O–H groups in total. The molecule has 0 aliphatic heterocycles. The van der Waals surface area contributed by atoms with Gasteiger partial charge in [0.2, 0.25) is 0 Å². The average molecular weight is 268 g/mol. The quantitative estimate of drug-likeness (QED) is 0.859. The number of carbonyl (C=O) groups is 1. The highest BCUT2D eigenvalue weighted by atomic mass is 16.2. The molecule has 0 bridgehead atoms. The Labute approximate surface area is 117 Å². The smallest absolute Gasteiger partial charge is 0.274 e. The fraction of sp³-hybridized carbons (Fsp3) is 0.267. The molecule has 1 heterocycles. The van der Waals surface area contributed by atoms with E-state index in [9.17, 15) is 4.79 Å². The normalized spacial score (nSPS) is 14.0. The number of aromatic nitrogens is 2. The van der Waals surface area contributed by atoms with Gasteiger partial charge in [-0.25, -0.2) is 4.98 Å². The Morgan fingerprint density at radius 3 is 2.60 bits per heavy atom. The van der Waals surface area contributed by atoms with E-state index in [0.717, 1.165) is 24.1 Å². The molecule has 1 aromatic carbocycles. The number of hydrogen-bond donors (Lipinski definition) is 1. The summed E-state index contributed by atoms with van der Waals surface area (Å²) in [5.74, 6) is -0.0579. The van der Waals surface area contributed by atoms with E-state index in [0.29, 0.717) is 18.3 Å². The van der Waals surface area contributed by atoms with Gasteiger partial charge in [0.25, 0.3) is 5.91 Å². The van der Waals surface area contributed by atoms with Crippen LogP contribution in [0.5, 0.6) is 0 Å². The van der Waals surface area contributed by atoms with Crippen molar-refractivity contribution in [3.63, 3.8) is 0 Å². The largest absolute Gasteiger partial charge is 0.399 e. The summed E-state index contributed by atoms with van der Waals surface area (Å²) in [6.07, 6.45) is 6.74. The van der Waals surface area contributed by atoms with E-state index in [-0.39, 0.29) is 5.91 Å². The number of nitrogens with zero attached hydrogens (tertiary/aromatic N) is 3. The van der Waals surface area contributed by atoms with Crippen LogP contribution in [0, 0.1) is 0 Å². The SMILES string of the molecule is Nc1ccc(CN(C(=O)c2cnccn2)C2CC2)cc1. The van der Waals surface area contributed by atoms with Crippen molar-refractivity contribution in [3.8, 4) is 0 Å². The number of nitrogen functional groups attached to an aromatic ring is 1. The lowest BCUT2D eigenvalue weighted by molar-refractivity contribution is 0.0723. The van der Waals surface area contributed by atoms with Crippen molar-refractivity contribution in [2.24, 2.45) is 0 Å². The van der Waals surface area contributed by atoms with Gasteiger partial charge >= 0.3 is 0 Å². The molecule has 5 heteroatoms. The average Bonchev–Trinajstić information content (AvgIpc) is 3.31. The van der Waals surface area contributed by atoms with Gasteiger partial charge in [-0.3, -0.25) is 9.78 Å². The number of amides is 1. The topological polar surface area (TPSA) is 72.1 Å². The molecule has 5 nitrogen and oxygen atoms in total. The third kappa shape index (κ3) is 2.77. The first-order chi connectivity index (χ1) is 9.74. The van der Waals surface area contributed by atoms with E-state index in [1.54, 1.807) is 12.4 Å². The van der Waals surface area contributed by atoms with E-state index >= 15 is 0 Å². The minimum Gasteiger partial charge on any atom is -0.399 e. The highest BCUT2D eigenvalue weighted by Crippen LogP contribution is 2.29. The number of hydrogen-bond acceptors (Lipinski definition) is 4. The second-order valence-electron chi connectivity index (χ2n) is 5.00. The molecule has 1 aliphatic carbocycles. The van der Waals surface area contributed by atoms with Crippen molar-refractivity contribution in [2.75, 3.05) is 5.73 Å². The molecule has 1 amide bonds. The van der Waals surface area contributed by atoms with Crippen LogP contribution in [0.3, 0.4) is 0 Å². The zero-order valence-electron chi connectivity index (χ0n) is 11.1. The minimum absolute atomic E-state index is 0.0579. The summed E-state index contributed by atoms with van der Waals surface area (Å²) in [6, 6.07) is 7.94. The van der Waals surface area contributed by atoms with Crippen molar-refractivity contribution >= 4 is 11.6 Å². The highest BCUT2D eigenvalue weighted by Gasteiger charge is 2.33. The first kappa shape index (κ1) is 12.6. The fourth-order valence-electron chi connectivity index (χ4n) is 2.13. The molecule has 2 aromatic rings. The van der Waals surface area contributed by atoms with Gasteiger partial charge in [-0.1, -0.05) is 12.1 Å². The highest BCUT2D eigenvalue weighted by molar-refractivity contribution is 5.92. The summed E-state index contributed by atoms with van der Waals surface area (Å²) in [5.41, 5.74) is 7.88. The van der Waals surface area contributed by atoms with Crippen molar-refractivity contribution in [3.05, 3.63) is 54.1 Å². The summed E-state index contributed by atoms with van der Waals surface area (Å²) >= 11 is 0. The first-order valence-corrected chi connectivity index (χ1v) is 6.65. The van der Waals surface area contributed by atoms with Crippen LogP contribution < -0.4 is 5.73 Å². The van der Waals surface area contributed by atoms with E-state index in [1.807, 2.05) is 29.2 Å². The number of benzene rings is 1. The molecule has 102 valence electrons. The molecular weight excluding hydrogens is 252 g/mol. The Morgan fingerprint density at radius 1 is 1.25 bits per heavy atom. The Bertz CT molecular complexity index is 593. The molecule has 0 saturated heterocycles. The second-order valence-corrected chi connectivity index (χ2v) is 5.00. The number of nitrogens with two attached hydrogens (primary N) is 1. The van der Waals surface area contributed by atoms with Crippen LogP contribution in [-0.4, -0.2) is 26.8 Å². The molecule has 0 radical (unpaired) electrons. The fourth-order valence-corrected chi connectivity index (χ4v) is 2.13. The van der Waals surface area contributed by atoms with Gasteiger partial charge in [0.1, 0.15) is 5.69 Å². The molecule has 0 spiro atoms. The van der Waals surface area contributed by atoms with Crippen LogP contribution in [0.1, 0.15) is 28.9 Å². The Balaban J connectivity index is 1.79. The van der Waals surface area contributed by atoms with E-state index in [4.69, 9.17) is 5.73 Å². The Hall–Kier alpha value is -2.43. The second kappa shape index (κ2) is 5.28. The molecule has 1 aromatic heterocycles. The first-order valence-electron chi connectivity index (χ1n) is 6.65. The van der Waals surface area contributed by atoms with Crippen molar-refractivity contribution < 1.29 is 4.79 Å². The third-order valence-electron chi connectivity index (χ3n) is 3.36. The maximum Gasteiger partial charge on any atom is 0.274 e. The van der Waals surface area contributed by atoms with E-state index < -0.39 is 0 Å². The maximum absolute atomic E-state index is 12.5. The zero-order valence-corrected chi connectivity index (χ0v) is 11.1. The predicted octanol–water partition coefficient (Wildman–Crippen LogP) is 1.86. The van der Waals surface area contributed by atoms with Gasteiger partial charge in [0, 0.05) is 30.7 Å². The Kier molecular flexibility index (Phi) is 3.33. The standard InChI is InChI=1S/C15H16N4O/c16-12-3-1-11(2-4-12)10-19(13-5-6-13)15(20)14-9-17-7-8-18-14/h1-4,7-9,13H,5-6,10,16H2. The van der Waals surface area contributed by atoms with Gasteiger partial charge in [0.05, 0.1) is 6.20 Å². The minimum atomic E-state index is -0.0579. The zero-order chi connectivity index (χ0) is 13.9. The number of rotatable bonds is 4. The van der Waals surface area contributed by atoms with E-state index in [1.165, 1.54) is 6.20 Å². The van der Waals surface area contributed by atoms with Crippen LogP contribution in [0.2, 0.25) is 0 Å². The summed E-state index contributed by atoms with van der Waals surface area (Å²) in [4.78, 5) is 22.4. The van der Waals surface area contributed by atoms with Crippen molar-refractivity contribution in [1.29, 1.82) is 0 Å². The van der Waals surface area contributed by atoms with Crippen molar-refractivity contribution in [2.45, 2.75) is 25.4 Å². The summed E-state index contributed by atoms with van der Waals surface area (Å²) < 4.78 is 0. The van der Waals surface area contributed by atoms with Gasteiger partial charge in [-0.15, -0.1) is 0 Å². The molecule has 20 heavy (non-hydrogen) atoms. The molecule has 3 rings (SSSR count). The van der Waals surface area contributed by atoms with Crippen LogP contribution in [0.25, 0.3) is 0 Å². The lowest BCUT2D eigenvalue weighted by Gasteiger charge is -2.22. The summed E-state index contributed by atoms with van der Waals surface area (Å²) in [7, 11) is 0. The van der Waals surface area contributed by atoms with Gasteiger partial charge in [-0.05, 0) is 30.5 Å².